The minimum atomic E-state index is 0.527. The van der Waals surface area contributed by atoms with E-state index in [9.17, 15) is 0 Å². The minimum Gasteiger partial charge on any atom is -0.370 e. The molecule has 128 valence electrons. The highest BCUT2D eigenvalue weighted by Gasteiger charge is 2.22. The van der Waals surface area contributed by atoms with E-state index in [0.29, 0.717) is 10.0 Å². The van der Waals surface area contributed by atoms with Crippen molar-refractivity contribution in [3.63, 3.8) is 0 Å². The molecule has 0 fully saturated rings. The Morgan fingerprint density at radius 2 is 1.88 bits per heavy atom. The predicted molar refractivity (Wildman–Crippen MR) is 108 cm³/mol. The minimum absolute atomic E-state index is 0.527. The van der Waals surface area contributed by atoms with Crippen LogP contribution in [0.15, 0.2) is 46.9 Å². The highest BCUT2D eigenvalue weighted by atomic mass is 79.9. The van der Waals surface area contributed by atoms with Crippen molar-refractivity contribution in [2.75, 3.05) is 11.9 Å². The first-order valence-corrected chi connectivity index (χ1v) is 9.76. The number of benzene rings is 2. The molecule has 1 aliphatic heterocycles. The highest BCUT2D eigenvalue weighted by molar-refractivity contribution is 9.10. The second kappa shape index (κ2) is 7.02. The lowest BCUT2D eigenvalue weighted by Gasteiger charge is -2.10. The third-order valence-electron chi connectivity index (χ3n) is 4.41. The molecule has 0 atom stereocenters. The van der Waals surface area contributed by atoms with Gasteiger partial charge >= 0.3 is 0 Å². The summed E-state index contributed by atoms with van der Waals surface area (Å²) >= 11 is 16.0. The molecule has 1 N–H and O–H groups in total. The lowest BCUT2D eigenvalue weighted by atomic mass is 10.0. The fourth-order valence-electron chi connectivity index (χ4n) is 3.18. The Hall–Kier alpha value is -1.49. The Morgan fingerprint density at radius 3 is 2.68 bits per heavy atom. The van der Waals surface area contributed by atoms with Crippen LogP contribution in [0.3, 0.4) is 0 Å². The van der Waals surface area contributed by atoms with Crippen LogP contribution in [-0.2, 0) is 6.42 Å². The average molecular weight is 437 g/mol. The molecular formula is C19H16BrCl2N3. The maximum atomic E-state index is 6.23. The van der Waals surface area contributed by atoms with Gasteiger partial charge in [-0.05, 0) is 43.5 Å². The van der Waals surface area contributed by atoms with Crippen LogP contribution in [0.4, 0.5) is 5.82 Å². The fourth-order valence-corrected chi connectivity index (χ4v) is 3.94. The van der Waals surface area contributed by atoms with Gasteiger partial charge in [0.1, 0.15) is 5.82 Å². The van der Waals surface area contributed by atoms with Crippen molar-refractivity contribution >= 4 is 44.9 Å². The smallest absolute Gasteiger partial charge is 0.133 e. The molecule has 1 aromatic heterocycles. The Balaban J connectivity index is 1.93. The molecule has 1 aliphatic rings. The van der Waals surface area contributed by atoms with Crippen LogP contribution < -0.4 is 5.32 Å². The fraction of sp³-hybridized carbons (Fsp3) is 0.211. The molecule has 0 saturated heterocycles. The van der Waals surface area contributed by atoms with Gasteiger partial charge in [0, 0.05) is 22.1 Å². The molecule has 0 amide bonds. The quantitative estimate of drug-likeness (QED) is 0.506. The lowest BCUT2D eigenvalue weighted by Crippen LogP contribution is -2.07. The van der Waals surface area contributed by atoms with Gasteiger partial charge in [0.15, 0.2) is 0 Å². The first-order chi connectivity index (χ1) is 12.1. The first kappa shape index (κ1) is 17.0. The van der Waals surface area contributed by atoms with Crippen LogP contribution >= 0.6 is 39.1 Å². The molecular weight excluding hydrogens is 421 g/mol. The van der Waals surface area contributed by atoms with E-state index in [4.69, 9.17) is 28.3 Å². The summed E-state index contributed by atoms with van der Waals surface area (Å²) in [5.74, 6) is 1.04. The van der Waals surface area contributed by atoms with Crippen molar-refractivity contribution in [1.82, 2.24) is 9.78 Å². The topological polar surface area (TPSA) is 29.9 Å². The Bertz CT molecular complexity index is 936. The third kappa shape index (κ3) is 3.19. The number of aromatic nitrogens is 2. The zero-order valence-electron chi connectivity index (χ0n) is 13.4. The van der Waals surface area contributed by atoms with Gasteiger partial charge in [-0.25, -0.2) is 4.68 Å². The van der Waals surface area contributed by atoms with Crippen molar-refractivity contribution < 1.29 is 0 Å². The van der Waals surface area contributed by atoms with E-state index in [1.165, 1.54) is 5.56 Å². The molecule has 3 aromatic rings. The van der Waals surface area contributed by atoms with Gasteiger partial charge in [-0.2, -0.15) is 5.10 Å². The second-order valence-electron chi connectivity index (χ2n) is 6.05. The van der Waals surface area contributed by atoms with Crippen LogP contribution in [0.25, 0.3) is 16.9 Å². The van der Waals surface area contributed by atoms with E-state index in [1.54, 1.807) is 0 Å². The number of fused-ring (bicyclic) bond motifs is 1. The summed E-state index contributed by atoms with van der Waals surface area (Å²) in [4.78, 5) is 0. The van der Waals surface area contributed by atoms with Crippen molar-refractivity contribution in [1.29, 1.82) is 0 Å². The van der Waals surface area contributed by atoms with E-state index in [-0.39, 0.29) is 0 Å². The predicted octanol–water partition coefficient (Wildman–Crippen LogP) is 6.36. The van der Waals surface area contributed by atoms with Gasteiger partial charge in [0.05, 0.1) is 21.4 Å². The number of nitrogens with zero attached hydrogens (tertiary/aromatic N) is 2. The maximum absolute atomic E-state index is 6.23. The molecule has 4 rings (SSSR count). The number of hydrogen-bond acceptors (Lipinski definition) is 2. The Morgan fingerprint density at radius 1 is 1.04 bits per heavy atom. The monoisotopic (exact) mass is 435 g/mol. The standard InChI is InChI=1S/C19H16BrCl2N3/c20-15-7-2-1-5-13(15)18-14-6-3-4-10-23-19(14)25(24-18)12-8-9-16(21)17(22)11-12/h1-2,5,7-9,11,23H,3-4,6,10H2. The molecule has 3 nitrogen and oxygen atoms in total. The van der Waals surface area contributed by atoms with E-state index >= 15 is 0 Å². The molecule has 6 heteroatoms. The summed E-state index contributed by atoms with van der Waals surface area (Å²) in [7, 11) is 0. The van der Waals surface area contributed by atoms with Crippen LogP contribution in [0.1, 0.15) is 18.4 Å². The van der Waals surface area contributed by atoms with Gasteiger partial charge in [-0.15, -0.1) is 0 Å². The summed E-state index contributed by atoms with van der Waals surface area (Å²) in [6, 6.07) is 13.8. The van der Waals surface area contributed by atoms with E-state index in [2.05, 4.69) is 27.3 Å². The normalized spacial score (nSPS) is 13.9. The van der Waals surface area contributed by atoms with Crippen LogP contribution in [0.5, 0.6) is 0 Å². The molecule has 0 spiro atoms. The van der Waals surface area contributed by atoms with E-state index in [0.717, 1.165) is 53.0 Å². The molecule has 0 unspecified atom stereocenters. The van der Waals surface area contributed by atoms with Crippen LogP contribution in [-0.4, -0.2) is 16.3 Å². The van der Waals surface area contributed by atoms with Gasteiger partial charge in [0.2, 0.25) is 0 Å². The molecule has 0 aliphatic carbocycles. The van der Waals surface area contributed by atoms with Crippen molar-refractivity contribution in [2.45, 2.75) is 19.3 Å². The Kier molecular flexibility index (Phi) is 4.76. The summed E-state index contributed by atoms with van der Waals surface area (Å²) in [6.45, 7) is 0.940. The summed E-state index contributed by atoms with van der Waals surface area (Å²) in [5, 5.41) is 9.54. The lowest BCUT2D eigenvalue weighted by molar-refractivity contribution is 0.780. The molecule has 2 heterocycles. The number of hydrogen-bond donors (Lipinski definition) is 1. The molecule has 2 aromatic carbocycles. The van der Waals surface area contributed by atoms with Crippen LogP contribution in [0.2, 0.25) is 10.0 Å². The van der Waals surface area contributed by atoms with Gasteiger partial charge in [-0.1, -0.05) is 57.3 Å². The summed E-state index contributed by atoms with van der Waals surface area (Å²) < 4.78 is 2.98. The van der Waals surface area contributed by atoms with Gasteiger partial charge in [-0.3, -0.25) is 0 Å². The zero-order valence-corrected chi connectivity index (χ0v) is 16.5. The van der Waals surface area contributed by atoms with Crippen LogP contribution in [0, 0.1) is 0 Å². The zero-order chi connectivity index (χ0) is 17.4. The van der Waals surface area contributed by atoms with E-state index in [1.807, 2.05) is 41.1 Å². The maximum Gasteiger partial charge on any atom is 0.133 e. The molecule has 0 bridgehead atoms. The number of halogens is 3. The molecule has 25 heavy (non-hydrogen) atoms. The largest absolute Gasteiger partial charge is 0.370 e. The van der Waals surface area contributed by atoms with E-state index < -0.39 is 0 Å². The number of rotatable bonds is 2. The highest BCUT2D eigenvalue weighted by Crippen LogP contribution is 2.37. The van der Waals surface area contributed by atoms with Gasteiger partial charge in [0.25, 0.3) is 0 Å². The molecule has 0 saturated carbocycles. The van der Waals surface area contributed by atoms with Crippen molar-refractivity contribution in [2.24, 2.45) is 0 Å². The SMILES string of the molecule is Clc1ccc(-n2nc(-c3ccccc3Br)c3c2NCCCC3)cc1Cl. The third-order valence-corrected chi connectivity index (χ3v) is 5.84. The average Bonchev–Trinajstić information content (AvgIpc) is 2.79. The Labute approximate surface area is 165 Å². The van der Waals surface area contributed by atoms with Gasteiger partial charge < -0.3 is 5.32 Å². The first-order valence-electron chi connectivity index (χ1n) is 8.21. The summed E-state index contributed by atoms with van der Waals surface area (Å²) in [5.41, 5.74) is 4.25. The number of nitrogens with one attached hydrogen (secondary N) is 1. The van der Waals surface area contributed by atoms with Crippen molar-refractivity contribution in [3.8, 4) is 16.9 Å². The second-order valence-corrected chi connectivity index (χ2v) is 7.72. The van der Waals surface area contributed by atoms with Crippen molar-refractivity contribution in [3.05, 3.63) is 62.5 Å². The summed E-state index contributed by atoms with van der Waals surface area (Å²) in [6.07, 6.45) is 3.29. The molecule has 0 radical (unpaired) electrons. The number of anilines is 1.